The van der Waals surface area contributed by atoms with Crippen molar-refractivity contribution in [1.82, 2.24) is 0 Å². The summed E-state index contributed by atoms with van der Waals surface area (Å²) >= 11 is 2.94. The molecule has 1 aliphatic heterocycles. The first kappa shape index (κ1) is 12.5. The van der Waals surface area contributed by atoms with Crippen molar-refractivity contribution in [1.29, 1.82) is 0 Å². The van der Waals surface area contributed by atoms with Gasteiger partial charge in [-0.05, 0) is 28.9 Å². The predicted molar refractivity (Wildman–Crippen MR) is 65.1 cm³/mol. The molecule has 1 atom stereocenters. The zero-order chi connectivity index (χ0) is 12.6. The lowest BCUT2D eigenvalue weighted by molar-refractivity contribution is -0.120. The van der Waals surface area contributed by atoms with Gasteiger partial charge in [0, 0.05) is 31.5 Å². The average Bonchev–Trinajstić information content (AvgIpc) is 2.24. The van der Waals surface area contributed by atoms with Crippen LogP contribution in [0.3, 0.4) is 0 Å². The molecule has 0 saturated carbocycles. The van der Waals surface area contributed by atoms with Gasteiger partial charge in [0.15, 0.2) is 0 Å². The van der Waals surface area contributed by atoms with E-state index < -0.39 is 11.6 Å². The smallest absolute Gasteiger partial charge is 0.147 e. The largest absolute Gasteiger partial charge is 0.365 e. The highest BCUT2D eigenvalue weighted by atomic mass is 79.9. The molecule has 0 radical (unpaired) electrons. The SMILES string of the molecule is CC1CC(=O)CCN1c1cc(F)c(Br)cc1F. The number of Topliss-reactive ketones (excluding diaryl/α,β-unsaturated/α-hetero) is 1. The van der Waals surface area contributed by atoms with E-state index in [1.54, 1.807) is 4.90 Å². The van der Waals surface area contributed by atoms with Gasteiger partial charge in [0.25, 0.3) is 0 Å². The van der Waals surface area contributed by atoms with Gasteiger partial charge >= 0.3 is 0 Å². The second-order valence-corrected chi connectivity index (χ2v) is 5.11. The molecule has 1 saturated heterocycles. The van der Waals surface area contributed by atoms with Crippen molar-refractivity contribution >= 4 is 27.4 Å². The molecule has 92 valence electrons. The molecule has 1 aliphatic rings. The Morgan fingerprint density at radius 2 is 2.06 bits per heavy atom. The molecule has 1 heterocycles. The average molecular weight is 304 g/mol. The van der Waals surface area contributed by atoms with Crippen LogP contribution in [0.4, 0.5) is 14.5 Å². The van der Waals surface area contributed by atoms with Crippen molar-refractivity contribution in [3.63, 3.8) is 0 Å². The van der Waals surface area contributed by atoms with Crippen LogP contribution in [-0.2, 0) is 4.79 Å². The Morgan fingerprint density at radius 3 is 2.71 bits per heavy atom. The van der Waals surface area contributed by atoms with Crippen LogP contribution < -0.4 is 4.90 Å². The van der Waals surface area contributed by atoms with E-state index in [-0.39, 0.29) is 22.0 Å². The molecule has 1 fully saturated rings. The van der Waals surface area contributed by atoms with Crippen LogP contribution in [0, 0.1) is 11.6 Å². The Hall–Kier alpha value is -0.970. The summed E-state index contributed by atoms with van der Waals surface area (Å²) in [6.07, 6.45) is 0.776. The third-order valence-electron chi connectivity index (χ3n) is 2.99. The van der Waals surface area contributed by atoms with Crippen LogP contribution in [0.1, 0.15) is 19.8 Å². The minimum atomic E-state index is -0.495. The summed E-state index contributed by atoms with van der Waals surface area (Å²) in [4.78, 5) is 13.0. The van der Waals surface area contributed by atoms with Crippen LogP contribution in [0.25, 0.3) is 0 Å². The number of rotatable bonds is 1. The third-order valence-corrected chi connectivity index (χ3v) is 3.59. The van der Waals surface area contributed by atoms with E-state index in [9.17, 15) is 13.6 Å². The molecule has 0 aromatic heterocycles. The standard InChI is InChI=1S/C12H12BrF2NO/c1-7-4-8(17)2-3-16(7)12-6-10(14)9(13)5-11(12)15/h5-7H,2-4H2,1H3. The molecule has 0 bridgehead atoms. The Labute approximate surface area is 107 Å². The maximum atomic E-state index is 13.8. The number of hydrogen-bond donors (Lipinski definition) is 0. The number of anilines is 1. The molecular formula is C12H12BrF2NO. The van der Waals surface area contributed by atoms with E-state index in [1.807, 2.05) is 6.92 Å². The normalized spacial score (nSPS) is 20.8. The van der Waals surface area contributed by atoms with Crippen molar-refractivity contribution in [2.45, 2.75) is 25.8 Å². The topological polar surface area (TPSA) is 20.3 Å². The van der Waals surface area contributed by atoms with E-state index >= 15 is 0 Å². The molecule has 0 amide bonds. The second-order valence-electron chi connectivity index (χ2n) is 4.25. The Bertz CT molecular complexity index is 464. The first-order valence-corrected chi connectivity index (χ1v) is 6.21. The number of hydrogen-bond acceptors (Lipinski definition) is 2. The van der Waals surface area contributed by atoms with Gasteiger partial charge in [-0.15, -0.1) is 0 Å². The number of carbonyl (C=O) groups excluding carboxylic acids is 1. The van der Waals surface area contributed by atoms with Gasteiger partial charge in [-0.25, -0.2) is 8.78 Å². The summed E-state index contributed by atoms with van der Waals surface area (Å²) in [6.45, 7) is 2.29. The molecule has 2 nitrogen and oxygen atoms in total. The first-order chi connectivity index (χ1) is 7.99. The van der Waals surface area contributed by atoms with Gasteiger partial charge in [0.05, 0.1) is 10.2 Å². The molecule has 17 heavy (non-hydrogen) atoms. The van der Waals surface area contributed by atoms with Crippen molar-refractivity contribution in [3.05, 3.63) is 28.2 Å². The van der Waals surface area contributed by atoms with Crippen LogP contribution in [0.15, 0.2) is 16.6 Å². The predicted octanol–water partition coefficient (Wildman–Crippen LogP) is 3.29. The van der Waals surface area contributed by atoms with Crippen molar-refractivity contribution in [3.8, 4) is 0 Å². The van der Waals surface area contributed by atoms with Crippen molar-refractivity contribution in [2.75, 3.05) is 11.4 Å². The van der Waals surface area contributed by atoms with E-state index in [1.165, 1.54) is 6.07 Å². The summed E-state index contributed by atoms with van der Waals surface area (Å²) in [5, 5.41) is 0. The zero-order valence-corrected chi connectivity index (χ0v) is 10.9. The number of halogens is 3. The number of ketones is 1. The molecular weight excluding hydrogens is 292 g/mol. The monoisotopic (exact) mass is 303 g/mol. The minimum absolute atomic E-state index is 0.0914. The molecule has 0 spiro atoms. The van der Waals surface area contributed by atoms with E-state index in [0.717, 1.165) is 6.07 Å². The highest BCUT2D eigenvalue weighted by molar-refractivity contribution is 9.10. The lowest BCUT2D eigenvalue weighted by Gasteiger charge is -2.34. The molecule has 1 aromatic carbocycles. The fraction of sp³-hybridized carbons (Fsp3) is 0.417. The highest BCUT2D eigenvalue weighted by Gasteiger charge is 2.26. The van der Waals surface area contributed by atoms with E-state index in [4.69, 9.17) is 0 Å². The summed E-state index contributed by atoms with van der Waals surface area (Å²) in [5.41, 5.74) is 0.228. The van der Waals surface area contributed by atoms with Gasteiger partial charge in [-0.1, -0.05) is 0 Å². The summed E-state index contributed by atoms with van der Waals surface area (Å²) in [5.74, 6) is -0.795. The Kier molecular flexibility index (Phi) is 3.47. The summed E-state index contributed by atoms with van der Waals surface area (Å²) in [6, 6.07) is 2.20. The number of benzene rings is 1. The van der Waals surface area contributed by atoms with Crippen LogP contribution in [0.5, 0.6) is 0 Å². The van der Waals surface area contributed by atoms with E-state index in [2.05, 4.69) is 15.9 Å². The van der Waals surface area contributed by atoms with Crippen LogP contribution in [0.2, 0.25) is 0 Å². The summed E-state index contributed by atoms with van der Waals surface area (Å²) < 4.78 is 27.3. The molecule has 1 aromatic rings. The zero-order valence-electron chi connectivity index (χ0n) is 9.34. The fourth-order valence-electron chi connectivity index (χ4n) is 2.10. The van der Waals surface area contributed by atoms with Crippen LogP contribution in [-0.4, -0.2) is 18.4 Å². The number of piperidine rings is 1. The van der Waals surface area contributed by atoms with Gasteiger partial charge in [0.2, 0.25) is 0 Å². The van der Waals surface area contributed by atoms with Crippen LogP contribution >= 0.6 is 15.9 Å². The highest BCUT2D eigenvalue weighted by Crippen LogP contribution is 2.30. The molecule has 5 heteroatoms. The molecule has 1 unspecified atom stereocenters. The first-order valence-electron chi connectivity index (χ1n) is 5.42. The van der Waals surface area contributed by atoms with Gasteiger partial charge < -0.3 is 4.90 Å². The summed E-state index contributed by atoms with van der Waals surface area (Å²) in [7, 11) is 0. The molecule has 0 N–H and O–H groups in total. The quantitative estimate of drug-likeness (QED) is 0.742. The third kappa shape index (κ3) is 2.49. The van der Waals surface area contributed by atoms with E-state index in [0.29, 0.717) is 19.4 Å². The maximum absolute atomic E-state index is 13.8. The minimum Gasteiger partial charge on any atom is -0.365 e. The van der Waals surface area contributed by atoms with Crippen molar-refractivity contribution < 1.29 is 13.6 Å². The lowest BCUT2D eigenvalue weighted by Crippen LogP contribution is -2.41. The maximum Gasteiger partial charge on any atom is 0.147 e. The second kappa shape index (κ2) is 4.72. The number of nitrogens with zero attached hydrogens (tertiary/aromatic N) is 1. The molecule has 0 aliphatic carbocycles. The fourth-order valence-corrected chi connectivity index (χ4v) is 2.41. The van der Waals surface area contributed by atoms with Gasteiger partial charge in [-0.3, -0.25) is 4.79 Å². The molecule has 2 rings (SSSR count). The van der Waals surface area contributed by atoms with Gasteiger partial charge in [-0.2, -0.15) is 0 Å². The Balaban J connectivity index is 2.34. The van der Waals surface area contributed by atoms with Crippen molar-refractivity contribution in [2.24, 2.45) is 0 Å². The Morgan fingerprint density at radius 1 is 1.35 bits per heavy atom. The number of carbonyl (C=O) groups is 1. The van der Waals surface area contributed by atoms with Gasteiger partial charge in [0.1, 0.15) is 17.4 Å². The lowest BCUT2D eigenvalue weighted by atomic mass is 10.0.